The molecule has 0 N–H and O–H groups in total. The summed E-state index contributed by atoms with van der Waals surface area (Å²) in [5, 5.41) is 0. The van der Waals surface area contributed by atoms with Gasteiger partial charge in [0.05, 0.1) is 6.54 Å². The Balaban J connectivity index is 1.50. The summed E-state index contributed by atoms with van der Waals surface area (Å²) in [5.41, 5.74) is 1.91. The number of carbonyl (C=O) groups excluding carboxylic acids is 1. The van der Waals surface area contributed by atoms with Crippen molar-refractivity contribution in [1.29, 1.82) is 0 Å². The maximum absolute atomic E-state index is 13.4. The highest BCUT2D eigenvalue weighted by Crippen LogP contribution is 2.12. The maximum atomic E-state index is 13.4. The van der Waals surface area contributed by atoms with Crippen LogP contribution < -0.4 is 0 Å². The normalized spacial score (nSPS) is 15.8. The second kappa shape index (κ2) is 10.5. The van der Waals surface area contributed by atoms with Gasteiger partial charge in [-0.2, -0.15) is 0 Å². The molecule has 1 saturated heterocycles. The molecule has 2 aromatic rings. The highest BCUT2D eigenvalue weighted by molar-refractivity contribution is 5.78. The van der Waals surface area contributed by atoms with Crippen molar-refractivity contribution in [3.8, 4) is 0 Å². The fourth-order valence-corrected chi connectivity index (χ4v) is 3.71. The van der Waals surface area contributed by atoms with Crippen LogP contribution in [0.5, 0.6) is 0 Å². The van der Waals surface area contributed by atoms with Gasteiger partial charge in [0.2, 0.25) is 5.91 Å². The van der Waals surface area contributed by atoms with E-state index in [2.05, 4.69) is 9.80 Å². The molecule has 1 heterocycles. The molecule has 0 radical (unpaired) electrons. The van der Waals surface area contributed by atoms with Gasteiger partial charge in [0.25, 0.3) is 0 Å². The first kappa shape index (κ1) is 21.4. The first-order valence-corrected chi connectivity index (χ1v) is 10.2. The Morgan fingerprint density at radius 2 is 1.66 bits per heavy atom. The average molecular weight is 402 g/mol. The Morgan fingerprint density at radius 1 is 0.931 bits per heavy atom. The molecule has 156 valence electrons. The maximum Gasteiger partial charge on any atom is 0.237 e. The number of halogens is 2. The molecule has 3 rings (SSSR count). The summed E-state index contributed by atoms with van der Waals surface area (Å²) in [7, 11) is 0. The van der Waals surface area contributed by atoms with Crippen LogP contribution in [0.15, 0.2) is 48.5 Å². The number of nitrogens with zero attached hydrogens (tertiary/aromatic N) is 3. The van der Waals surface area contributed by atoms with Gasteiger partial charge in [0, 0.05) is 32.7 Å². The minimum atomic E-state index is -0.278. The lowest BCUT2D eigenvalue weighted by atomic mass is 10.2. The molecule has 4 nitrogen and oxygen atoms in total. The van der Waals surface area contributed by atoms with Crippen LogP contribution in [0.4, 0.5) is 8.78 Å². The minimum absolute atomic E-state index is 0.0729. The third kappa shape index (κ3) is 6.61. The van der Waals surface area contributed by atoms with Crippen LogP contribution in [0.25, 0.3) is 0 Å². The van der Waals surface area contributed by atoms with E-state index >= 15 is 0 Å². The molecular weight excluding hydrogens is 372 g/mol. The SMILES string of the molecule is CCN(Cc1cccc(F)c1)C(=O)CN1CCCN(Cc2ccc(F)cc2)CC1. The average Bonchev–Trinajstić information content (AvgIpc) is 2.93. The number of carbonyl (C=O) groups is 1. The fraction of sp³-hybridized carbons (Fsp3) is 0.435. The van der Waals surface area contributed by atoms with Crippen molar-refractivity contribution in [2.75, 3.05) is 39.3 Å². The molecule has 0 aromatic heterocycles. The van der Waals surface area contributed by atoms with E-state index in [0.717, 1.165) is 50.3 Å². The third-order valence-corrected chi connectivity index (χ3v) is 5.36. The molecule has 1 aliphatic rings. The molecule has 1 aliphatic heterocycles. The summed E-state index contributed by atoms with van der Waals surface area (Å²) in [4.78, 5) is 19.1. The lowest BCUT2D eigenvalue weighted by Crippen LogP contribution is -2.41. The molecule has 0 aliphatic carbocycles. The Bertz CT molecular complexity index is 797. The summed E-state index contributed by atoms with van der Waals surface area (Å²) in [6.07, 6.45) is 0.991. The Morgan fingerprint density at radius 3 is 2.38 bits per heavy atom. The zero-order valence-electron chi connectivity index (χ0n) is 17.0. The van der Waals surface area contributed by atoms with Gasteiger partial charge in [-0.1, -0.05) is 24.3 Å². The van der Waals surface area contributed by atoms with E-state index in [-0.39, 0.29) is 17.5 Å². The lowest BCUT2D eigenvalue weighted by Gasteiger charge is -2.26. The molecule has 0 bridgehead atoms. The Kier molecular flexibility index (Phi) is 7.72. The largest absolute Gasteiger partial charge is 0.338 e. The molecule has 29 heavy (non-hydrogen) atoms. The smallest absolute Gasteiger partial charge is 0.237 e. The van der Waals surface area contributed by atoms with Crippen molar-refractivity contribution >= 4 is 5.91 Å². The zero-order chi connectivity index (χ0) is 20.6. The van der Waals surface area contributed by atoms with E-state index in [1.807, 2.05) is 25.1 Å². The summed E-state index contributed by atoms with van der Waals surface area (Å²) < 4.78 is 26.5. The summed E-state index contributed by atoms with van der Waals surface area (Å²) in [5.74, 6) is -0.420. The van der Waals surface area contributed by atoms with Crippen LogP contribution in [-0.2, 0) is 17.9 Å². The van der Waals surface area contributed by atoms with Crippen molar-refractivity contribution in [2.45, 2.75) is 26.4 Å². The quantitative estimate of drug-likeness (QED) is 0.710. The fourth-order valence-electron chi connectivity index (χ4n) is 3.71. The predicted molar refractivity (Wildman–Crippen MR) is 110 cm³/mol. The number of amides is 1. The van der Waals surface area contributed by atoms with Crippen molar-refractivity contribution in [3.63, 3.8) is 0 Å². The molecule has 0 spiro atoms. The van der Waals surface area contributed by atoms with Crippen LogP contribution in [0, 0.1) is 11.6 Å². The van der Waals surface area contributed by atoms with Gasteiger partial charge in [-0.05, 0) is 61.8 Å². The van der Waals surface area contributed by atoms with Gasteiger partial charge in [-0.3, -0.25) is 14.6 Å². The predicted octanol–water partition coefficient (Wildman–Crippen LogP) is 3.52. The second-order valence-electron chi connectivity index (χ2n) is 7.57. The number of benzene rings is 2. The molecule has 0 unspecified atom stereocenters. The van der Waals surface area contributed by atoms with Crippen molar-refractivity contribution in [1.82, 2.24) is 14.7 Å². The van der Waals surface area contributed by atoms with Crippen LogP contribution >= 0.6 is 0 Å². The van der Waals surface area contributed by atoms with E-state index < -0.39 is 0 Å². The van der Waals surface area contributed by atoms with Gasteiger partial charge in [0.15, 0.2) is 0 Å². The van der Waals surface area contributed by atoms with Gasteiger partial charge >= 0.3 is 0 Å². The van der Waals surface area contributed by atoms with Gasteiger partial charge in [-0.15, -0.1) is 0 Å². The molecule has 6 heteroatoms. The summed E-state index contributed by atoms with van der Waals surface area (Å²) in [6.45, 7) is 7.69. The van der Waals surface area contributed by atoms with Crippen LogP contribution in [0.1, 0.15) is 24.5 Å². The van der Waals surface area contributed by atoms with Crippen LogP contribution in [-0.4, -0.2) is 59.9 Å². The van der Waals surface area contributed by atoms with Crippen molar-refractivity contribution in [3.05, 3.63) is 71.3 Å². The molecule has 0 atom stereocenters. The first-order chi connectivity index (χ1) is 14.0. The van der Waals surface area contributed by atoms with Crippen molar-refractivity contribution in [2.24, 2.45) is 0 Å². The van der Waals surface area contributed by atoms with E-state index in [9.17, 15) is 13.6 Å². The molecule has 0 saturated carbocycles. The van der Waals surface area contributed by atoms with E-state index in [0.29, 0.717) is 19.6 Å². The first-order valence-electron chi connectivity index (χ1n) is 10.2. The van der Waals surface area contributed by atoms with E-state index in [4.69, 9.17) is 0 Å². The molecule has 1 amide bonds. The van der Waals surface area contributed by atoms with Crippen LogP contribution in [0.2, 0.25) is 0 Å². The molecular formula is C23H29F2N3O. The summed E-state index contributed by atoms with van der Waals surface area (Å²) >= 11 is 0. The molecule has 1 fully saturated rings. The third-order valence-electron chi connectivity index (χ3n) is 5.36. The summed E-state index contributed by atoms with van der Waals surface area (Å²) in [6, 6.07) is 13.1. The van der Waals surface area contributed by atoms with Crippen molar-refractivity contribution < 1.29 is 13.6 Å². The molecule has 2 aromatic carbocycles. The topological polar surface area (TPSA) is 26.8 Å². The number of rotatable bonds is 7. The minimum Gasteiger partial charge on any atom is -0.338 e. The van der Waals surface area contributed by atoms with Gasteiger partial charge in [0.1, 0.15) is 11.6 Å². The van der Waals surface area contributed by atoms with E-state index in [1.165, 1.54) is 24.3 Å². The highest BCUT2D eigenvalue weighted by Gasteiger charge is 2.20. The zero-order valence-corrected chi connectivity index (χ0v) is 17.0. The Labute approximate surface area is 171 Å². The van der Waals surface area contributed by atoms with Gasteiger partial charge in [-0.25, -0.2) is 8.78 Å². The lowest BCUT2D eigenvalue weighted by molar-refractivity contribution is -0.132. The van der Waals surface area contributed by atoms with Gasteiger partial charge < -0.3 is 4.90 Å². The van der Waals surface area contributed by atoms with Crippen LogP contribution in [0.3, 0.4) is 0 Å². The number of hydrogen-bond acceptors (Lipinski definition) is 3. The highest BCUT2D eigenvalue weighted by atomic mass is 19.1. The number of likely N-dealkylation sites (N-methyl/N-ethyl adjacent to an activating group) is 1. The number of hydrogen-bond donors (Lipinski definition) is 0. The second-order valence-corrected chi connectivity index (χ2v) is 7.57. The Hall–Kier alpha value is -2.31. The van der Waals surface area contributed by atoms with E-state index in [1.54, 1.807) is 11.0 Å². The standard InChI is InChI=1S/C23H29F2N3O/c1-2-28(17-20-5-3-6-22(25)15-20)23(29)18-27-12-4-11-26(13-14-27)16-19-7-9-21(24)10-8-19/h3,5-10,15H,2,4,11-14,16-18H2,1H3. The monoisotopic (exact) mass is 401 g/mol.